The zero-order valence-corrected chi connectivity index (χ0v) is 16.2. The summed E-state index contributed by atoms with van der Waals surface area (Å²) in [6.45, 7) is 7.79. The molecule has 1 N–H and O–H groups in total. The molecule has 6 nitrogen and oxygen atoms in total. The number of carbonyl (C=O) groups excluding carboxylic acids is 2. The largest absolute Gasteiger partial charge is 0.469 e. The Morgan fingerprint density at radius 3 is 2.46 bits per heavy atom. The van der Waals surface area contributed by atoms with Crippen molar-refractivity contribution in [3.63, 3.8) is 0 Å². The third-order valence-electron chi connectivity index (χ3n) is 4.27. The molecule has 26 heavy (non-hydrogen) atoms. The van der Waals surface area contributed by atoms with Crippen molar-refractivity contribution in [1.29, 1.82) is 0 Å². The maximum Gasteiger partial charge on any atom is 0.410 e. The summed E-state index contributed by atoms with van der Waals surface area (Å²) in [6.07, 6.45) is 2.06. The lowest BCUT2D eigenvalue weighted by molar-refractivity contribution is -0.139. The Bertz CT molecular complexity index is 607. The van der Waals surface area contributed by atoms with Crippen LogP contribution in [0.5, 0.6) is 0 Å². The van der Waals surface area contributed by atoms with Crippen LogP contribution in [-0.2, 0) is 27.2 Å². The van der Waals surface area contributed by atoms with Crippen molar-refractivity contribution in [3.05, 3.63) is 35.4 Å². The lowest BCUT2D eigenvalue weighted by atomic mass is 10.0. The van der Waals surface area contributed by atoms with Crippen LogP contribution in [0.15, 0.2) is 24.3 Å². The van der Waals surface area contributed by atoms with Crippen LogP contribution < -0.4 is 5.32 Å². The number of likely N-dealkylation sites (tertiary alicyclic amines) is 1. The van der Waals surface area contributed by atoms with Crippen molar-refractivity contribution >= 4 is 12.1 Å². The first kappa shape index (κ1) is 20.2. The number of benzene rings is 1. The quantitative estimate of drug-likeness (QED) is 0.816. The van der Waals surface area contributed by atoms with Crippen LogP contribution in [0.1, 0.15) is 44.7 Å². The maximum atomic E-state index is 12.2. The molecule has 6 heteroatoms. The van der Waals surface area contributed by atoms with Gasteiger partial charge >= 0.3 is 12.1 Å². The molecule has 0 saturated carbocycles. The van der Waals surface area contributed by atoms with Crippen LogP contribution in [0.25, 0.3) is 0 Å². The van der Waals surface area contributed by atoms with E-state index in [9.17, 15) is 9.59 Å². The molecular formula is C20H30N2O4. The zero-order valence-electron chi connectivity index (χ0n) is 16.2. The lowest BCUT2D eigenvalue weighted by Gasteiger charge is -2.34. The van der Waals surface area contributed by atoms with Gasteiger partial charge in [0.1, 0.15) is 5.60 Å². The summed E-state index contributed by atoms with van der Waals surface area (Å²) < 4.78 is 10.1. The first-order chi connectivity index (χ1) is 12.3. The highest BCUT2D eigenvalue weighted by Crippen LogP contribution is 2.16. The average Bonchev–Trinajstić information content (AvgIpc) is 2.60. The van der Waals surface area contributed by atoms with Crippen LogP contribution in [0.4, 0.5) is 4.79 Å². The Balaban J connectivity index is 1.81. The number of ether oxygens (including phenoxy) is 2. The number of nitrogens with one attached hydrogen (secondary N) is 1. The van der Waals surface area contributed by atoms with Crippen LogP contribution in [0.2, 0.25) is 0 Å². The van der Waals surface area contributed by atoms with E-state index in [2.05, 4.69) is 10.1 Å². The van der Waals surface area contributed by atoms with Gasteiger partial charge in [0.05, 0.1) is 13.5 Å². The minimum Gasteiger partial charge on any atom is -0.469 e. The number of piperidine rings is 1. The molecular weight excluding hydrogens is 332 g/mol. The van der Waals surface area contributed by atoms with Crippen molar-refractivity contribution in [2.75, 3.05) is 20.2 Å². The van der Waals surface area contributed by atoms with Crippen molar-refractivity contribution < 1.29 is 19.1 Å². The zero-order chi connectivity index (χ0) is 19.2. The molecule has 1 fully saturated rings. The fraction of sp³-hybridized carbons (Fsp3) is 0.600. The van der Waals surface area contributed by atoms with Gasteiger partial charge in [-0.05, 0) is 44.7 Å². The highest BCUT2D eigenvalue weighted by Gasteiger charge is 2.27. The summed E-state index contributed by atoms with van der Waals surface area (Å²) >= 11 is 0. The van der Waals surface area contributed by atoms with E-state index >= 15 is 0 Å². The van der Waals surface area contributed by atoms with Gasteiger partial charge in [0, 0.05) is 25.7 Å². The highest BCUT2D eigenvalue weighted by molar-refractivity contribution is 5.72. The number of hydrogen-bond donors (Lipinski definition) is 1. The molecule has 0 radical (unpaired) electrons. The summed E-state index contributed by atoms with van der Waals surface area (Å²) in [4.78, 5) is 25.3. The Hall–Kier alpha value is -2.08. The summed E-state index contributed by atoms with van der Waals surface area (Å²) in [5.41, 5.74) is 1.62. The van der Waals surface area contributed by atoms with Crippen LogP contribution in [0, 0.1) is 0 Å². The van der Waals surface area contributed by atoms with Crippen LogP contribution in [-0.4, -0.2) is 48.8 Å². The molecule has 0 bridgehead atoms. The fourth-order valence-electron chi connectivity index (χ4n) is 2.91. The predicted molar refractivity (Wildman–Crippen MR) is 99.8 cm³/mol. The number of carbonyl (C=O) groups is 2. The first-order valence-corrected chi connectivity index (χ1v) is 9.13. The smallest absolute Gasteiger partial charge is 0.410 e. The van der Waals surface area contributed by atoms with Crippen molar-refractivity contribution in [3.8, 4) is 0 Å². The van der Waals surface area contributed by atoms with Gasteiger partial charge in [-0.1, -0.05) is 24.3 Å². The van der Waals surface area contributed by atoms with Gasteiger partial charge in [-0.15, -0.1) is 0 Å². The number of hydrogen-bond acceptors (Lipinski definition) is 5. The van der Waals surface area contributed by atoms with E-state index < -0.39 is 5.60 Å². The molecule has 1 atom stereocenters. The van der Waals surface area contributed by atoms with E-state index in [1.54, 1.807) is 4.90 Å². The molecule has 1 aromatic rings. The Labute approximate surface area is 155 Å². The summed E-state index contributed by atoms with van der Waals surface area (Å²) in [6, 6.07) is 8.18. The summed E-state index contributed by atoms with van der Waals surface area (Å²) in [7, 11) is 1.39. The summed E-state index contributed by atoms with van der Waals surface area (Å²) in [5.74, 6) is -0.236. The molecule has 0 aromatic heterocycles. The van der Waals surface area contributed by atoms with E-state index in [0.29, 0.717) is 6.54 Å². The van der Waals surface area contributed by atoms with Crippen molar-refractivity contribution in [2.24, 2.45) is 0 Å². The average molecular weight is 362 g/mol. The molecule has 144 valence electrons. The number of esters is 1. The molecule has 1 heterocycles. The minimum absolute atomic E-state index is 0.236. The third kappa shape index (κ3) is 6.67. The third-order valence-corrected chi connectivity index (χ3v) is 4.27. The minimum atomic E-state index is -0.469. The molecule has 1 unspecified atom stereocenters. The van der Waals surface area contributed by atoms with E-state index in [1.165, 1.54) is 7.11 Å². The van der Waals surface area contributed by atoms with E-state index in [-0.39, 0.29) is 24.5 Å². The Morgan fingerprint density at radius 2 is 1.85 bits per heavy atom. The topological polar surface area (TPSA) is 67.9 Å². The number of methoxy groups -OCH3 is 1. The van der Waals surface area contributed by atoms with Crippen LogP contribution >= 0.6 is 0 Å². The van der Waals surface area contributed by atoms with Crippen LogP contribution in [0.3, 0.4) is 0 Å². The van der Waals surface area contributed by atoms with Gasteiger partial charge in [0.15, 0.2) is 0 Å². The molecule has 2 rings (SSSR count). The maximum absolute atomic E-state index is 12.2. The van der Waals surface area contributed by atoms with Crippen molar-refractivity contribution in [1.82, 2.24) is 10.2 Å². The SMILES string of the molecule is COC(=O)Cc1ccc(CNC2CCCN(C(=O)OC(C)(C)C)C2)cc1. The predicted octanol–water partition coefficient (Wildman–Crippen LogP) is 2.89. The molecule has 1 aliphatic rings. The molecule has 1 aliphatic heterocycles. The fourth-order valence-corrected chi connectivity index (χ4v) is 2.91. The number of amides is 1. The van der Waals surface area contributed by atoms with E-state index in [4.69, 9.17) is 4.74 Å². The molecule has 0 spiro atoms. The monoisotopic (exact) mass is 362 g/mol. The standard InChI is InChI=1S/C20H30N2O4/c1-20(2,3)26-19(24)22-11-5-6-17(14-22)21-13-16-9-7-15(8-10-16)12-18(23)25-4/h7-10,17,21H,5-6,11-14H2,1-4H3. The second-order valence-electron chi connectivity index (χ2n) is 7.72. The second-order valence-corrected chi connectivity index (χ2v) is 7.72. The van der Waals surface area contributed by atoms with Gasteiger partial charge in [-0.2, -0.15) is 0 Å². The van der Waals surface area contributed by atoms with Crippen molar-refractivity contribution in [2.45, 2.75) is 58.2 Å². The number of rotatable bonds is 5. The van der Waals surface area contributed by atoms with E-state index in [1.807, 2.05) is 45.0 Å². The second kappa shape index (κ2) is 9.03. The van der Waals surface area contributed by atoms with E-state index in [0.717, 1.165) is 37.1 Å². The van der Waals surface area contributed by atoms with Gasteiger partial charge in [-0.3, -0.25) is 4.79 Å². The molecule has 1 amide bonds. The lowest BCUT2D eigenvalue weighted by Crippen LogP contribution is -2.49. The molecule has 0 aliphatic carbocycles. The van der Waals surface area contributed by atoms with Gasteiger partial charge in [0.25, 0.3) is 0 Å². The van der Waals surface area contributed by atoms with Gasteiger partial charge in [-0.25, -0.2) is 4.79 Å². The highest BCUT2D eigenvalue weighted by atomic mass is 16.6. The Morgan fingerprint density at radius 1 is 1.19 bits per heavy atom. The normalized spacial score (nSPS) is 17.7. The number of nitrogens with zero attached hydrogens (tertiary/aromatic N) is 1. The molecule has 1 saturated heterocycles. The summed E-state index contributed by atoms with van der Waals surface area (Å²) in [5, 5.41) is 3.52. The van der Waals surface area contributed by atoms with Gasteiger partial charge in [0.2, 0.25) is 0 Å². The first-order valence-electron chi connectivity index (χ1n) is 9.13. The Kier molecular flexibility index (Phi) is 7.03. The van der Waals surface area contributed by atoms with Gasteiger partial charge < -0.3 is 19.7 Å². The molecule has 1 aromatic carbocycles.